The molecule has 0 radical (unpaired) electrons. The summed E-state index contributed by atoms with van der Waals surface area (Å²) in [6, 6.07) is 1.95. The van der Waals surface area contributed by atoms with Crippen molar-refractivity contribution < 1.29 is 0 Å². The fourth-order valence-corrected chi connectivity index (χ4v) is 3.12. The molecule has 2 rings (SSSR count). The van der Waals surface area contributed by atoms with Crippen molar-refractivity contribution in [3.05, 3.63) is 22.8 Å². The van der Waals surface area contributed by atoms with Gasteiger partial charge in [-0.25, -0.2) is 4.98 Å². The highest BCUT2D eigenvalue weighted by Gasteiger charge is 2.33. The lowest BCUT2D eigenvalue weighted by molar-refractivity contribution is 0.545. The summed E-state index contributed by atoms with van der Waals surface area (Å²) in [7, 11) is 0. The quantitative estimate of drug-likeness (QED) is 0.802. The van der Waals surface area contributed by atoms with Crippen molar-refractivity contribution in [1.82, 2.24) is 4.98 Å². The van der Waals surface area contributed by atoms with E-state index in [4.69, 9.17) is 17.3 Å². The molecule has 0 spiro atoms. The van der Waals surface area contributed by atoms with Gasteiger partial charge in [0, 0.05) is 11.0 Å². The molecule has 15 heavy (non-hydrogen) atoms. The first-order valence-corrected chi connectivity index (χ1v) is 6.44. The smallest absolute Gasteiger partial charge is 0.126 e. The van der Waals surface area contributed by atoms with Gasteiger partial charge < -0.3 is 5.73 Å². The Morgan fingerprint density at radius 2 is 2.27 bits per heavy atom. The van der Waals surface area contributed by atoms with Crippen LogP contribution in [0.4, 0.5) is 5.82 Å². The van der Waals surface area contributed by atoms with Crippen LogP contribution in [0.25, 0.3) is 0 Å². The minimum Gasteiger partial charge on any atom is -0.383 e. The van der Waals surface area contributed by atoms with Gasteiger partial charge in [-0.05, 0) is 36.3 Å². The number of nitrogen functional groups attached to an aromatic ring is 1. The summed E-state index contributed by atoms with van der Waals surface area (Å²) in [6.45, 7) is 2.25. The topological polar surface area (TPSA) is 38.9 Å². The normalized spacial score (nSPS) is 30.7. The van der Waals surface area contributed by atoms with Gasteiger partial charge in [-0.3, -0.25) is 0 Å². The number of anilines is 1. The summed E-state index contributed by atoms with van der Waals surface area (Å²) in [5.74, 6) is 1.70. The number of alkyl halides is 1. The Balaban J connectivity index is 2.33. The third-order valence-electron chi connectivity index (χ3n) is 3.27. The van der Waals surface area contributed by atoms with Crippen molar-refractivity contribution in [3.8, 4) is 0 Å². The van der Waals surface area contributed by atoms with Crippen LogP contribution < -0.4 is 5.73 Å². The van der Waals surface area contributed by atoms with Gasteiger partial charge in [0.1, 0.15) is 5.82 Å². The number of pyridine rings is 1. The molecule has 0 saturated heterocycles. The molecular weight excluding hydrogens is 275 g/mol. The van der Waals surface area contributed by atoms with Crippen LogP contribution in [0.15, 0.2) is 12.3 Å². The Morgan fingerprint density at radius 3 is 2.87 bits per heavy atom. The molecule has 1 aromatic heterocycles. The van der Waals surface area contributed by atoms with E-state index in [1.807, 2.05) is 6.07 Å². The van der Waals surface area contributed by atoms with Crippen LogP contribution in [0.5, 0.6) is 0 Å². The maximum absolute atomic E-state index is 5.95. The molecule has 3 unspecified atom stereocenters. The first kappa shape index (κ1) is 11.2. The fourth-order valence-electron chi connectivity index (χ4n) is 2.32. The number of nitrogens with zero attached hydrogens (tertiary/aromatic N) is 1. The average molecular weight is 290 g/mol. The molecule has 3 atom stereocenters. The van der Waals surface area contributed by atoms with Gasteiger partial charge in [-0.1, -0.05) is 34.5 Å². The van der Waals surface area contributed by atoms with Gasteiger partial charge in [0.2, 0.25) is 0 Å². The third kappa shape index (κ3) is 2.13. The maximum atomic E-state index is 5.95. The van der Waals surface area contributed by atoms with E-state index < -0.39 is 0 Å². The van der Waals surface area contributed by atoms with Crippen molar-refractivity contribution in [3.63, 3.8) is 0 Å². The molecule has 0 aliphatic heterocycles. The zero-order chi connectivity index (χ0) is 11.0. The van der Waals surface area contributed by atoms with Crippen LogP contribution >= 0.6 is 27.5 Å². The molecule has 2 nitrogen and oxygen atoms in total. The van der Waals surface area contributed by atoms with Gasteiger partial charge in [0.15, 0.2) is 0 Å². The number of nitrogens with two attached hydrogens (primary N) is 1. The zero-order valence-corrected chi connectivity index (χ0v) is 10.9. The SMILES string of the molecule is CC1C(Br)CCC1c1cc(Cl)cnc1N. The molecule has 2 N–H and O–H groups in total. The van der Waals surface area contributed by atoms with Crippen molar-refractivity contribution in [1.29, 1.82) is 0 Å². The second-order valence-corrected chi connectivity index (χ2v) is 5.80. The van der Waals surface area contributed by atoms with Crippen molar-refractivity contribution in [2.45, 2.75) is 30.5 Å². The number of aromatic nitrogens is 1. The summed E-state index contributed by atoms with van der Waals surface area (Å²) in [5.41, 5.74) is 7.00. The van der Waals surface area contributed by atoms with Gasteiger partial charge in [0.05, 0.1) is 5.02 Å². The summed E-state index contributed by atoms with van der Waals surface area (Å²) in [6.07, 6.45) is 3.95. The van der Waals surface area contributed by atoms with Crippen molar-refractivity contribution in [2.75, 3.05) is 5.73 Å². The van der Waals surface area contributed by atoms with Gasteiger partial charge in [0.25, 0.3) is 0 Å². The van der Waals surface area contributed by atoms with Gasteiger partial charge >= 0.3 is 0 Å². The standard InChI is InChI=1S/C11H14BrClN2/c1-6-8(2-3-10(6)12)9-4-7(13)5-15-11(9)14/h4-6,8,10H,2-3H2,1H3,(H2,14,15). The van der Waals surface area contributed by atoms with E-state index in [0.717, 1.165) is 12.0 Å². The Morgan fingerprint density at radius 1 is 1.53 bits per heavy atom. The van der Waals surface area contributed by atoms with E-state index in [1.165, 1.54) is 6.42 Å². The van der Waals surface area contributed by atoms with Crippen LogP contribution in [-0.4, -0.2) is 9.81 Å². The minimum absolute atomic E-state index is 0.487. The monoisotopic (exact) mass is 288 g/mol. The van der Waals surface area contributed by atoms with Crippen LogP contribution in [0.2, 0.25) is 5.02 Å². The molecule has 1 saturated carbocycles. The second-order valence-electron chi connectivity index (χ2n) is 4.19. The summed E-state index contributed by atoms with van der Waals surface area (Å²) in [5, 5.41) is 0.671. The van der Waals surface area contributed by atoms with Crippen molar-refractivity contribution >= 4 is 33.3 Å². The van der Waals surface area contributed by atoms with Gasteiger partial charge in [-0.15, -0.1) is 0 Å². The highest BCUT2D eigenvalue weighted by Crippen LogP contribution is 2.44. The highest BCUT2D eigenvalue weighted by atomic mass is 79.9. The van der Waals surface area contributed by atoms with Crippen molar-refractivity contribution in [2.24, 2.45) is 5.92 Å². The van der Waals surface area contributed by atoms with E-state index in [1.54, 1.807) is 6.20 Å². The van der Waals surface area contributed by atoms with Crippen LogP contribution in [0.1, 0.15) is 31.2 Å². The lowest BCUT2D eigenvalue weighted by Gasteiger charge is -2.19. The predicted molar refractivity (Wildman–Crippen MR) is 67.5 cm³/mol. The third-order valence-corrected chi connectivity index (χ3v) is 4.77. The Labute approximate surface area is 103 Å². The molecule has 82 valence electrons. The molecule has 1 aliphatic carbocycles. The maximum Gasteiger partial charge on any atom is 0.126 e. The van der Waals surface area contributed by atoms with E-state index in [2.05, 4.69) is 27.8 Å². The number of hydrogen-bond donors (Lipinski definition) is 1. The van der Waals surface area contributed by atoms with Crippen LogP contribution in [0.3, 0.4) is 0 Å². The molecule has 1 aliphatic rings. The van der Waals surface area contributed by atoms with Crippen LogP contribution in [-0.2, 0) is 0 Å². The molecule has 1 fully saturated rings. The summed E-state index contributed by atoms with van der Waals surface area (Å²) < 4.78 is 0. The molecule has 0 bridgehead atoms. The minimum atomic E-state index is 0.487. The highest BCUT2D eigenvalue weighted by molar-refractivity contribution is 9.09. The molecule has 1 heterocycles. The fraction of sp³-hybridized carbons (Fsp3) is 0.545. The Hall–Kier alpha value is -0.280. The number of hydrogen-bond acceptors (Lipinski definition) is 2. The van der Waals surface area contributed by atoms with E-state index >= 15 is 0 Å². The number of halogens is 2. The molecule has 4 heteroatoms. The molecular formula is C11H14BrClN2. The van der Waals surface area contributed by atoms with Crippen LogP contribution in [0, 0.1) is 5.92 Å². The first-order valence-electron chi connectivity index (χ1n) is 5.14. The Kier molecular flexibility index (Phi) is 3.21. The number of rotatable bonds is 1. The molecule has 1 aromatic rings. The van der Waals surface area contributed by atoms with E-state index in [0.29, 0.717) is 27.5 Å². The van der Waals surface area contributed by atoms with E-state index in [-0.39, 0.29) is 0 Å². The second kappa shape index (κ2) is 4.30. The van der Waals surface area contributed by atoms with E-state index in [9.17, 15) is 0 Å². The molecule has 0 amide bonds. The Bertz CT molecular complexity index is 370. The largest absolute Gasteiger partial charge is 0.383 e. The van der Waals surface area contributed by atoms with Gasteiger partial charge in [-0.2, -0.15) is 0 Å². The summed E-state index contributed by atoms with van der Waals surface area (Å²) in [4.78, 5) is 4.70. The summed E-state index contributed by atoms with van der Waals surface area (Å²) >= 11 is 9.64. The first-order chi connectivity index (χ1) is 7.09. The molecule has 0 aromatic carbocycles. The zero-order valence-electron chi connectivity index (χ0n) is 8.58. The lowest BCUT2D eigenvalue weighted by Crippen LogP contribution is -2.11. The predicted octanol–water partition coefficient (Wildman–Crippen LogP) is 3.59. The lowest BCUT2D eigenvalue weighted by atomic mass is 9.90. The average Bonchev–Trinajstić information content (AvgIpc) is 2.52.